The van der Waals surface area contributed by atoms with Gasteiger partial charge in [-0.25, -0.2) is 0 Å². The van der Waals surface area contributed by atoms with Crippen LogP contribution in [0.4, 0.5) is 0 Å². The van der Waals surface area contributed by atoms with E-state index in [1.54, 1.807) is 18.3 Å². The summed E-state index contributed by atoms with van der Waals surface area (Å²) in [5, 5.41) is 3.51. The molecule has 4 nitrogen and oxygen atoms in total. The van der Waals surface area contributed by atoms with Crippen LogP contribution in [-0.4, -0.2) is 42.0 Å². The highest BCUT2D eigenvalue weighted by molar-refractivity contribution is 6.30. The largest absolute Gasteiger partial charge is 0.350 e. The Morgan fingerprint density at radius 2 is 2.30 bits per heavy atom. The summed E-state index contributed by atoms with van der Waals surface area (Å²) in [4.78, 5) is 18.5. The highest BCUT2D eigenvalue weighted by Gasteiger charge is 2.51. The maximum atomic E-state index is 11.9. The SMILES string of the molecule is CCN1CC2(CC(CNC(=O)c3cc(Cl)ccn3)C2)C1. The normalized spacial score (nSPS) is 21.3. The number of carbonyl (C=O) groups is 1. The van der Waals surface area contributed by atoms with Gasteiger partial charge in [0.15, 0.2) is 0 Å². The van der Waals surface area contributed by atoms with E-state index in [1.807, 2.05) is 0 Å². The molecule has 20 heavy (non-hydrogen) atoms. The summed E-state index contributed by atoms with van der Waals surface area (Å²) in [5.74, 6) is 0.495. The monoisotopic (exact) mass is 293 g/mol. The number of amides is 1. The number of halogens is 1. The van der Waals surface area contributed by atoms with Crippen LogP contribution in [-0.2, 0) is 0 Å². The van der Waals surface area contributed by atoms with Crippen LogP contribution < -0.4 is 5.32 Å². The van der Waals surface area contributed by atoms with Crippen molar-refractivity contribution in [1.29, 1.82) is 0 Å². The van der Waals surface area contributed by atoms with Gasteiger partial charge in [0, 0.05) is 30.9 Å². The van der Waals surface area contributed by atoms with Crippen molar-refractivity contribution in [3.63, 3.8) is 0 Å². The first-order valence-corrected chi connectivity index (χ1v) is 7.60. The van der Waals surface area contributed by atoms with Gasteiger partial charge in [-0.15, -0.1) is 0 Å². The third-order valence-electron chi connectivity index (χ3n) is 4.51. The van der Waals surface area contributed by atoms with Gasteiger partial charge < -0.3 is 10.2 Å². The van der Waals surface area contributed by atoms with E-state index in [0.29, 0.717) is 22.0 Å². The van der Waals surface area contributed by atoms with E-state index in [-0.39, 0.29) is 5.91 Å². The van der Waals surface area contributed by atoms with Crippen LogP contribution in [0.25, 0.3) is 0 Å². The third-order valence-corrected chi connectivity index (χ3v) is 4.75. The first kappa shape index (κ1) is 13.8. The number of pyridine rings is 1. The fraction of sp³-hybridized carbons (Fsp3) is 0.600. The highest BCUT2D eigenvalue weighted by atomic mass is 35.5. The second kappa shape index (κ2) is 5.34. The Morgan fingerprint density at radius 1 is 1.55 bits per heavy atom. The highest BCUT2D eigenvalue weighted by Crippen LogP contribution is 2.51. The molecule has 0 radical (unpaired) electrons. The van der Waals surface area contributed by atoms with Crippen molar-refractivity contribution in [3.05, 3.63) is 29.0 Å². The standard InChI is InChI=1S/C15H20ClN3O/c1-2-19-9-15(10-19)6-11(7-15)8-18-14(20)13-5-12(16)3-4-17-13/h3-5,11H,2,6-10H2,1H3,(H,18,20). The van der Waals surface area contributed by atoms with Gasteiger partial charge in [0.25, 0.3) is 5.91 Å². The molecule has 1 N–H and O–H groups in total. The van der Waals surface area contributed by atoms with Crippen LogP contribution in [0.3, 0.4) is 0 Å². The van der Waals surface area contributed by atoms with E-state index >= 15 is 0 Å². The molecule has 1 saturated carbocycles. The molecule has 0 aromatic carbocycles. The minimum Gasteiger partial charge on any atom is -0.350 e. The average molecular weight is 294 g/mol. The van der Waals surface area contributed by atoms with E-state index in [2.05, 4.69) is 22.1 Å². The maximum Gasteiger partial charge on any atom is 0.269 e. The maximum absolute atomic E-state index is 11.9. The number of aromatic nitrogens is 1. The van der Waals surface area contributed by atoms with Gasteiger partial charge in [-0.3, -0.25) is 9.78 Å². The van der Waals surface area contributed by atoms with E-state index < -0.39 is 0 Å². The number of rotatable bonds is 4. The summed E-state index contributed by atoms with van der Waals surface area (Å²) in [5.41, 5.74) is 0.965. The van der Waals surface area contributed by atoms with E-state index in [4.69, 9.17) is 11.6 Å². The molecule has 0 unspecified atom stereocenters. The van der Waals surface area contributed by atoms with Gasteiger partial charge in [0.1, 0.15) is 5.69 Å². The average Bonchev–Trinajstić information content (AvgIpc) is 2.35. The fourth-order valence-corrected chi connectivity index (χ4v) is 3.71. The zero-order chi connectivity index (χ0) is 14.2. The molecule has 1 aromatic rings. The number of hydrogen-bond acceptors (Lipinski definition) is 3. The van der Waals surface area contributed by atoms with Crippen molar-refractivity contribution in [2.45, 2.75) is 19.8 Å². The number of likely N-dealkylation sites (tertiary alicyclic amines) is 1. The molecule has 2 heterocycles. The van der Waals surface area contributed by atoms with Gasteiger partial charge in [0.05, 0.1) is 0 Å². The summed E-state index contributed by atoms with van der Waals surface area (Å²) in [6.45, 7) is 6.60. The molecule has 1 aliphatic heterocycles. The van der Waals surface area contributed by atoms with E-state index in [9.17, 15) is 4.79 Å². The van der Waals surface area contributed by atoms with E-state index in [1.165, 1.54) is 25.9 Å². The first-order valence-electron chi connectivity index (χ1n) is 7.22. The van der Waals surface area contributed by atoms with E-state index in [0.717, 1.165) is 13.1 Å². The molecular weight excluding hydrogens is 274 g/mol. The van der Waals surface area contributed by atoms with Gasteiger partial charge >= 0.3 is 0 Å². The molecule has 2 fully saturated rings. The molecule has 3 rings (SSSR count). The van der Waals surface area contributed by atoms with Gasteiger partial charge in [-0.05, 0) is 42.9 Å². The van der Waals surface area contributed by atoms with Crippen molar-refractivity contribution >= 4 is 17.5 Å². The Kier molecular flexibility index (Phi) is 3.69. The number of carbonyl (C=O) groups excluding carboxylic acids is 1. The summed E-state index contributed by atoms with van der Waals surface area (Å²) >= 11 is 5.86. The lowest BCUT2D eigenvalue weighted by Gasteiger charge is -2.59. The van der Waals surface area contributed by atoms with Crippen LogP contribution in [0.15, 0.2) is 18.3 Å². The molecular formula is C15H20ClN3O. The van der Waals surface area contributed by atoms with Crippen molar-refractivity contribution in [2.75, 3.05) is 26.2 Å². The van der Waals surface area contributed by atoms with Gasteiger partial charge in [-0.1, -0.05) is 18.5 Å². The topological polar surface area (TPSA) is 45.2 Å². The molecule has 0 bridgehead atoms. The van der Waals surface area contributed by atoms with Crippen LogP contribution in [0.2, 0.25) is 5.02 Å². The Labute approximate surface area is 124 Å². The van der Waals surface area contributed by atoms with Gasteiger partial charge in [0.2, 0.25) is 0 Å². The summed E-state index contributed by atoms with van der Waals surface area (Å²) in [7, 11) is 0. The molecule has 1 saturated heterocycles. The Hall–Kier alpha value is -1.13. The van der Waals surface area contributed by atoms with Crippen molar-refractivity contribution < 1.29 is 4.79 Å². The van der Waals surface area contributed by atoms with Crippen LogP contribution in [0.1, 0.15) is 30.3 Å². The fourth-order valence-electron chi connectivity index (χ4n) is 3.55. The summed E-state index contributed by atoms with van der Waals surface area (Å²) in [6.07, 6.45) is 4.04. The molecule has 1 amide bonds. The lowest BCUT2D eigenvalue weighted by molar-refractivity contribution is -0.0901. The van der Waals surface area contributed by atoms with Gasteiger partial charge in [-0.2, -0.15) is 0 Å². The lowest BCUT2D eigenvalue weighted by Crippen LogP contribution is -2.63. The molecule has 108 valence electrons. The predicted molar refractivity (Wildman–Crippen MR) is 78.9 cm³/mol. The smallest absolute Gasteiger partial charge is 0.269 e. The molecule has 0 atom stereocenters. The third kappa shape index (κ3) is 2.67. The molecule has 1 aromatic heterocycles. The van der Waals surface area contributed by atoms with Crippen LogP contribution in [0.5, 0.6) is 0 Å². The number of hydrogen-bond donors (Lipinski definition) is 1. The zero-order valence-electron chi connectivity index (χ0n) is 11.7. The molecule has 5 heteroatoms. The summed E-state index contributed by atoms with van der Waals surface area (Å²) < 4.78 is 0. The zero-order valence-corrected chi connectivity index (χ0v) is 12.5. The Bertz CT molecular complexity index is 506. The minimum absolute atomic E-state index is 0.128. The predicted octanol–water partition coefficient (Wildman–Crippen LogP) is 2.20. The van der Waals surface area contributed by atoms with Crippen LogP contribution >= 0.6 is 11.6 Å². The van der Waals surface area contributed by atoms with Crippen molar-refractivity contribution in [2.24, 2.45) is 11.3 Å². The minimum atomic E-state index is -0.128. The van der Waals surface area contributed by atoms with Crippen LogP contribution in [0, 0.1) is 11.3 Å². The first-order chi connectivity index (χ1) is 9.60. The van der Waals surface area contributed by atoms with Crippen molar-refractivity contribution in [3.8, 4) is 0 Å². The molecule has 1 spiro atoms. The quantitative estimate of drug-likeness (QED) is 0.926. The Balaban J connectivity index is 1.42. The number of nitrogens with one attached hydrogen (secondary N) is 1. The molecule has 2 aliphatic rings. The second-order valence-electron chi connectivity index (χ2n) is 6.15. The second-order valence-corrected chi connectivity index (χ2v) is 6.58. The Morgan fingerprint density at radius 3 is 2.95 bits per heavy atom. The summed E-state index contributed by atoms with van der Waals surface area (Å²) in [6, 6.07) is 3.27. The molecule has 1 aliphatic carbocycles. The lowest BCUT2D eigenvalue weighted by atomic mass is 9.58. The number of nitrogens with zero attached hydrogens (tertiary/aromatic N) is 2. The van der Waals surface area contributed by atoms with Crippen molar-refractivity contribution in [1.82, 2.24) is 15.2 Å².